The van der Waals surface area contributed by atoms with E-state index in [0.717, 1.165) is 23.4 Å². The van der Waals surface area contributed by atoms with Crippen LogP contribution in [0.15, 0.2) is 48.7 Å². The van der Waals surface area contributed by atoms with Crippen LogP contribution in [0, 0.1) is 0 Å². The van der Waals surface area contributed by atoms with Gasteiger partial charge in [0.15, 0.2) is 5.82 Å². The van der Waals surface area contributed by atoms with Crippen LogP contribution in [0.3, 0.4) is 0 Å². The molecule has 0 bridgehead atoms. The molecule has 0 aliphatic heterocycles. The first-order chi connectivity index (χ1) is 10.8. The molecule has 0 saturated carbocycles. The molecule has 0 aliphatic carbocycles. The largest absolute Gasteiger partial charge is 0.416 e. The highest BCUT2D eigenvalue weighted by Gasteiger charge is 2.30. The second-order valence-electron chi connectivity index (χ2n) is 5.41. The average molecular weight is 317 g/mol. The standard InChI is InChI=1S/C17H14F3N3/c1-23(2)14-6-3-11(4-7-14)16-21-10-12-9-13(17(18,19)20)5-8-15(12)22-16/h3-10H,1-2H3. The Kier molecular flexibility index (Phi) is 3.67. The van der Waals surface area contributed by atoms with E-state index < -0.39 is 11.7 Å². The van der Waals surface area contributed by atoms with Gasteiger partial charge in [0.25, 0.3) is 0 Å². The molecule has 1 heterocycles. The fourth-order valence-electron chi connectivity index (χ4n) is 2.26. The molecule has 0 spiro atoms. The number of benzene rings is 2. The van der Waals surface area contributed by atoms with E-state index in [0.29, 0.717) is 16.7 Å². The summed E-state index contributed by atoms with van der Waals surface area (Å²) in [6, 6.07) is 11.1. The van der Waals surface area contributed by atoms with E-state index in [-0.39, 0.29) is 0 Å². The zero-order chi connectivity index (χ0) is 16.6. The number of halogens is 3. The van der Waals surface area contributed by atoms with E-state index in [2.05, 4.69) is 9.97 Å². The molecule has 0 aliphatic rings. The molecular weight excluding hydrogens is 303 g/mol. The monoisotopic (exact) mass is 317 g/mol. The average Bonchev–Trinajstić information content (AvgIpc) is 2.53. The summed E-state index contributed by atoms with van der Waals surface area (Å²) in [6.07, 6.45) is -2.94. The van der Waals surface area contributed by atoms with Gasteiger partial charge >= 0.3 is 6.18 Å². The van der Waals surface area contributed by atoms with Crippen molar-refractivity contribution < 1.29 is 13.2 Å². The number of hydrogen-bond acceptors (Lipinski definition) is 3. The second-order valence-corrected chi connectivity index (χ2v) is 5.41. The van der Waals surface area contributed by atoms with Gasteiger partial charge < -0.3 is 4.90 Å². The van der Waals surface area contributed by atoms with Crippen molar-refractivity contribution in [2.24, 2.45) is 0 Å². The van der Waals surface area contributed by atoms with Gasteiger partial charge in [-0.05, 0) is 42.5 Å². The van der Waals surface area contributed by atoms with Crippen LogP contribution in [0.4, 0.5) is 18.9 Å². The first kappa shape index (κ1) is 15.3. The number of aromatic nitrogens is 2. The molecule has 0 radical (unpaired) electrons. The summed E-state index contributed by atoms with van der Waals surface area (Å²) < 4.78 is 38.2. The summed E-state index contributed by atoms with van der Waals surface area (Å²) in [5.74, 6) is 0.488. The Balaban J connectivity index is 2.00. The number of hydrogen-bond donors (Lipinski definition) is 0. The van der Waals surface area contributed by atoms with Gasteiger partial charge in [0.05, 0.1) is 11.1 Å². The van der Waals surface area contributed by atoms with E-state index in [1.165, 1.54) is 12.3 Å². The van der Waals surface area contributed by atoms with Crippen LogP contribution in [-0.2, 0) is 6.18 Å². The Morgan fingerprint density at radius 2 is 1.65 bits per heavy atom. The predicted molar refractivity (Wildman–Crippen MR) is 84.3 cm³/mol. The van der Waals surface area contributed by atoms with Crippen molar-refractivity contribution in [1.82, 2.24) is 9.97 Å². The maximum absolute atomic E-state index is 12.7. The number of anilines is 1. The van der Waals surface area contributed by atoms with Gasteiger partial charge in [0.2, 0.25) is 0 Å². The molecule has 0 N–H and O–H groups in total. The topological polar surface area (TPSA) is 29.0 Å². The maximum Gasteiger partial charge on any atom is 0.416 e. The Morgan fingerprint density at radius 3 is 2.26 bits per heavy atom. The van der Waals surface area contributed by atoms with E-state index in [4.69, 9.17) is 0 Å². The van der Waals surface area contributed by atoms with Crippen LogP contribution < -0.4 is 4.90 Å². The van der Waals surface area contributed by atoms with Gasteiger partial charge in [-0.15, -0.1) is 0 Å². The minimum absolute atomic E-state index is 0.369. The van der Waals surface area contributed by atoms with Gasteiger partial charge in [0.1, 0.15) is 0 Å². The van der Waals surface area contributed by atoms with Gasteiger partial charge in [-0.2, -0.15) is 13.2 Å². The van der Waals surface area contributed by atoms with Crippen molar-refractivity contribution in [2.45, 2.75) is 6.18 Å². The minimum atomic E-state index is -4.37. The lowest BCUT2D eigenvalue weighted by Crippen LogP contribution is -2.08. The summed E-state index contributed by atoms with van der Waals surface area (Å²) in [5, 5.41) is 0.369. The van der Waals surface area contributed by atoms with Crippen molar-refractivity contribution in [2.75, 3.05) is 19.0 Å². The third-order valence-electron chi connectivity index (χ3n) is 3.55. The highest BCUT2D eigenvalue weighted by Crippen LogP contribution is 2.31. The van der Waals surface area contributed by atoms with Gasteiger partial charge in [-0.1, -0.05) is 0 Å². The molecule has 0 saturated heterocycles. The molecule has 1 aromatic heterocycles. The van der Waals surface area contributed by atoms with Crippen LogP contribution in [0.1, 0.15) is 5.56 Å². The number of nitrogens with zero attached hydrogens (tertiary/aromatic N) is 3. The number of fused-ring (bicyclic) bond motifs is 1. The molecule has 3 nitrogen and oxygen atoms in total. The van der Waals surface area contributed by atoms with E-state index >= 15 is 0 Å². The van der Waals surface area contributed by atoms with E-state index in [1.807, 2.05) is 43.3 Å². The third-order valence-corrected chi connectivity index (χ3v) is 3.55. The summed E-state index contributed by atoms with van der Waals surface area (Å²) in [5.41, 5.74) is 1.65. The molecule has 118 valence electrons. The molecule has 3 aromatic rings. The molecule has 23 heavy (non-hydrogen) atoms. The van der Waals surface area contributed by atoms with Crippen molar-refractivity contribution in [3.05, 3.63) is 54.2 Å². The number of rotatable bonds is 2. The molecule has 2 aromatic carbocycles. The van der Waals surface area contributed by atoms with Gasteiger partial charge in [-0.25, -0.2) is 9.97 Å². The zero-order valence-corrected chi connectivity index (χ0v) is 12.6. The molecule has 0 unspecified atom stereocenters. The predicted octanol–water partition coefficient (Wildman–Crippen LogP) is 4.38. The van der Waals surface area contributed by atoms with Crippen LogP contribution in [0.5, 0.6) is 0 Å². The molecular formula is C17H14F3N3. The van der Waals surface area contributed by atoms with Gasteiger partial charge in [-0.3, -0.25) is 0 Å². The van der Waals surface area contributed by atoms with Gasteiger partial charge in [0, 0.05) is 36.9 Å². The lowest BCUT2D eigenvalue weighted by molar-refractivity contribution is -0.137. The quantitative estimate of drug-likeness (QED) is 0.702. The van der Waals surface area contributed by atoms with E-state index in [1.54, 1.807) is 0 Å². The summed E-state index contributed by atoms with van der Waals surface area (Å²) in [7, 11) is 3.89. The fraction of sp³-hybridized carbons (Fsp3) is 0.176. The zero-order valence-electron chi connectivity index (χ0n) is 12.6. The van der Waals surface area contributed by atoms with Crippen molar-refractivity contribution >= 4 is 16.6 Å². The molecule has 0 fully saturated rings. The Morgan fingerprint density at radius 1 is 0.957 bits per heavy atom. The highest BCUT2D eigenvalue weighted by molar-refractivity contribution is 5.80. The molecule has 3 rings (SSSR count). The minimum Gasteiger partial charge on any atom is -0.378 e. The molecule has 0 amide bonds. The van der Waals surface area contributed by atoms with Crippen molar-refractivity contribution in [3.63, 3.8) is 0 Å². The molecule has 6 heteroatoms. The molecule has 0 atom stereocenters. The Labute approximate surface area is 131 Å². The fourth-order valence-corrected chi connectivity index (χ4v) is 2.26. The lowest BCUT2D eigenvalue weighted by Gasteiger charge is -2.12. The summed E-state index contributed by atoms with van der Waals surface area (Å²) >= 11 is 0. The SMILES string of the molecule is CN(C)c1ccc(-c2ncc3cc(C(F)(F)F)ccc3n2)cc1. The number of alkyl halides is 3. The first-order valence-electron chi connectivity index (χ1n) is 6.96. The van der Waals surface area contributed by atoms with Crippen molar-refractivity contribution in [3.8, 4) is 11.4 Å². The van der Waals surface area contributed by atoms with E-state index in [9.17, 15) is 13.2 Å². The lowest BCUT2D eigenvalue weighted by atomic mass is 10.1. The highest BCUT2D eigenvalue weighted by atomic mass is 19.4. The maximum atomic E-state index is 12.7. The Bertz CT molecular complexity index is 840. The van der Waals surface area contributed by atoms with Crippen LogP contribution >= 0.6 is 0 Å². The summed E-state index contributed by atoms with van der Waals surface area (Å²) in [4.78, 5) is 10.5. The normalized spacial score (nSPS) is 11.7. The Hall–Kier alpha value is -2.63. The second kappa shape index (κ2) is 5.53. The van der Waals surface area contributed by atoms with Crippen LogP contribution in [0.25, 0.3) is 22.3 Å². The summed E-state index contributed by atoms with van der Waals surface area (Å²) in [6.45, 7) is 0. The first-order valence-corrected chi connectivity index (χ1v) is 6.96. The van der Waals surface area contributed by atoms with Crippen LogP contribution in [-0.4, -0.2) is 24.1 Å². The van der Waals surface area contributed by atoms with Crippen LogP contribution in [0.2, 0.25) is 0 Å². The smallest absolute Gasteiger partial charge is 0.378 e. The third kappa shape index (κ3) is 3.11. The van der Waals surface area contributed by atoms with Crippen molar-refractivity contribution in [1.29, 1.82) is 0 Å².